The summed E-state index contributed by atoms with van der Waals surface area (Å²) in [7, 11) is 1.43. The standard InChI is InChI=1S/C19H17BrN4O3S/c1-27-17-10-24(11-18(26)23-14-5-3-13(20)4-6-14)15(9-16(17)25)12-28-19-21-7-2-8-22-19/h2-10H,11-12H2,1H3,(H,23,26). The van der Waals surface area contributed by atoms with Crippen molar-refractivity contribution in [2.24, 2.45) is 0 Å². The Bertz CT molecular complexity index is 1010. The Morgan fingerprint density at radius 1 is 1.25 bits per heavy atom. The minimum atomic E-state index is -0.239. The molecule has 0 aliphatic carbocycles. The number of nitrogens with zero attached hydrogens (tertiary/aromatic N) is 3. The fraction of sp³-hybridized carbons (Fsp3) is 0.158. The van der Waals surface area contributed by atoms with E-state index in [9.17, 15) is 9.59 Å². The molecule has 1 amide bonds. The molecule has 0 atom stereocenters. The van der Waals surface area contributed by atoms with Gasteiger partial charge in [0.25, 0.3) is 0 Å². The van der Waals surface area contributed by atoms with Gasteiger partial charge in [-0.15, -0.1) is 0 Å². The molecule has 0 radical (unpaired) electrons. The number of nitrogens with one attached hydrogen (secondary N) is 1. The van der Waals surface area contributed by atoms with E-state index in [1.165, 1.54) is 24.9 Å². The molecule has 0 saturated carbocycles. The van der Waals surface area contributed by atoms with E-state index in [-0.39, 0.29) is 23.6 Å². The lowest BCUT2D eigenvalue weighted by Gasteiger charge is -2.14. The Kier molecular flexibility index (Phi) is 6.83. The fourth-order valence-corrected chi connectivity index (χ4v) is 3.47. The van der Waals surface area contributed by atoms with E-state index in [0.717, 1.165) is 4.47 Å². The van der Waals surface area contributed by atoms with Gasteiger partial charge in [0.15, 0.2) is 10.9 Å². The average molecular weight is 461 g/mol. The number of amides is 1. The summed E-state index contributed by atoms with van der Waals surface area (Å²) in [6, 6.07) is 10.5. The number of rotatable bonds is 7. The summed E-state index contributed by atoms with van der Waals surface area (Å²) in [6.07, 6.45) is 4.86. The number of carbonyl (C=O) groups excluding carboxylic acids is 1. The van der Waals surface area contributed by atoms with Crippen molar-refractivity contribution in [2.45, 2.75) is 17.5 Å². The number of halogens is 1. The molecule has 0 spiro atoms. The predicted octanol–water partition coefficient (Wildman–Crippen LogP) is 3.34. The number of hydrogen-bond acceptors (Lipinski definition) is 6. The minimum absolute atomic E-state index is 0.0399. The van der Waals surface area contributed by atoms with Gasteiger partial charge in [-0.2, -0.15) is 0 Å². The Labute approximate surface area is 174 Å². The van der Waals surface area contributed by atoms with Crippen molar-refractivity contribution in [1.82, 2.24) is 14.5 Å². The third-order valence-corrected chi connectivity index (χ3v) is 5.17. The molecule has 0 bridgehead atoms. The largest absolute Gasteiger partial charge is 0.491 e. The number of thioether (sulfide) groups is 1. The zero-order chi connectivity index (χ0) is 19.9. The second kappa shape index (κ2) is 9.52. The van der Waals surface area contributed by atoms with Crippen molar-refractivity contribution >= 4 is 39.3 Å². The van der Waals surface area contributed by atoms with Crippen LogP contribution in [0.15, 0.2) is 69.4 Å². The lowest BCUT2D eigenvalue weighted by atomic mass is 10.3. The number of ether oxygens (including phenoxy) is 1. The summed E-state index contributed by atoms with van der Waals surface area (Å²) in [5.74, 6) is 0.408. The first kappa shape index (κ1) is 20.1. The summed E-state index contributed by atoms with van der Waals surface area (Å²) in [4.78, 5) is 33.0. The van der Waals surface area contributed by atoms with Gasteiger partial charge in [0.2, 0.25) is 11.3 Å². The number of benzene rings is 1. The van der Waals surface area contributed by atoms with E-state index in [1.54, 1.807) is 41.4 Å². The lowest BCUT2D eigenvalue weighted by molar-refractivity contribution is -0.116. The molecule has 2 aromatic heterocycles. The highest BCUT2D eigenvalue weighted by molar-refractivity contribution is 9.10. The van der Waals surface area contributed by atoms with Crippen molar-refractivity contribution in [1.29, 1.82) is 0 Å². The van der Waals surface area contributed by atoms with E-state index in [1.807, 2.05) is 12.1 Å². The van der Waals surface area contributed by atoms with Crippen LogP contribution in [0.25, 0.3) is 0 Å². The molecule has 3 rings (SSSR count). The minimum Gasteiger partial charge on any atom is -0.491 e. The number of pyridine rings is 1. The van der Waals surface area contributed by atoms with Crippen LogP contribution in [0.5, 0.6) is 5.75 Å². The highest BCUT2D eigenvalue weighted by Gasteiger charge is 2.12. The molecular formula is C19H17BrN4O3S. The van der Waals surface area contributed by atoms with Crippen LogP contribution in [0.4, 0.5) is 5.69 Å². The summed E-state index contributed by atoms with van der Waals surface area (Å²) in [5.41, 5.74) is 1.13. The Morgan fingerprint density at radius 3 is 2.64 bits per heavy atom. The zero-order valence-corrected chi connectivity index (χ0v) is 17.4. The van der Waals surface area contributed by atoms with Crippen molar-refractivity contribution in [3.05, 3.63) is 75.4 Å². The van der Waals surface area contributed by atoms with Crippen LogP contribution in [0.1, 0.15) is 5.69 Å². The molecule has 2 heterocycles. The number of hydrogen-bond donors (Lipinski definition) is 1. The topological polar surface area (TPSA) is 86.1 Å². The quantitative estimate of drug-likeness (QED) is 0.429. The highest BCUT2D eigenvalue weighted by atomic mass is 79.9. The highest BCUT2D eigenvalue weighted by Crippen LogP contribution is 2.19. The van der Waals surface area contributed by atoms with E-state index in [2.05, 4.69) is 31.2 Å². The molecule has 1 N–H and O–H groups in total. The first-order valence-corrected chi connectivity index (χ1v) is 10.1. The SMILES string of the molecule is COc1cn(CC(=O)Nc2ccc(Br)cc2)c(CSc2ncccn2)cc1=O. The molecule has 0 saturated heterocycles. The molecule has 0 fully saturated rings. The molecular weight excluding hydrogens is 444 g/mol. The maximum Gasteiger partial charge on any atom is 0.244 e. The normalized spacial score (nSPS) is 10.5. The van der Waals surface area contributed by atoms with E-state index in [0.29, 0.717) is 22.3 Å². The molecule has 1 aromatic carbocycles. The summed E-state index contributed by atoms with van der Waals surface area (Å²) in [6.45, 7) is 0.0399. The molecule has 0 aliphatic heterocycles. The van der Waals surface area contributed by atoms with Gasteiger partial charge in [-0.1, -0.05) is 27.7 Å². The van der Waals surface area contributed by atoms with Crippen LogP contribution in [0, 0.1) is 0 Å². The maximum atomic E-state index is 12.5. The van der Waals surface area contributed by atoms with E-state index in [4.69, 9.17) is 4.74 Å². The van der Waals surface area contributed by atoms with Crippen LogP contribution in [-0.2, 0) is 17.1 Å². The second-order valence-corrected chi connectivity index (χ2v) is 7.56. The third-order valence-electron chi connectivity index (χ3n) is 3.74. The van der Waals surface area contributed by atoms with Crippen molar-refractivity contribution in [3.8, 4) is 5.75 Å². The smallest absolute Gasteiger partial charge is 0.244 e. The average Bonchev–Trinajstić information content (AvgIpc) is 2.70. The van der Waals surface area contributed by atoms with Gasteiger partial charge in [0, 0.05) is 40.1 Å². The molecule has 28 heavy (non-hydrogen) atoms. The monoisotopic (exact) mass is 460 g/mol. The Morgan fingerprint density at radius 2 is 1.96 bits per heavy atom. The third kappa shape index (κ3) is 5.43. The van der Waals surface area contributed by atoms with Gasteiger partial charge >= 0.3 is 0 Å². The van der Waals surface area contributed by atoms with E-state index >= 15 is 0 Å². The fourth-order valence-electron chi connectivity index (χ4n) is 2.41. The second-order valence-electron chi connectivity index (χ2n) is 5.70. The summed E-state index contributed by atoms with van der Waals surface area (Å²) >= 11 is 4.74. The molecule has 7 nitrogen and oxygen atoms in total. The molecule has 3 aromatic rings. The van der Waals surface area contributed by atoms with Gasteiger partial charge in [-0.05, 0) is 30.3 Å². The van der Waals surface area contributed by atoms with Gasteiger partial charge in [0.1, 0.15) is 6.54 Å². The van der Waals surface area contributed by atoms with Gasteiger partial charge < -0.3 is 14.6 Å². The van der Waals surface area contributed by atoms with Gasteiger partial charge in [-0.25, -0.2) is 9.97 Å². The number of aromatic nitrogens is 3. The number of carbonyl (C=O) groups is 1. The Balaban J connectivity index is 1.78. The van der Waals surface area contributed by atoms with Crippen LogP contribution in [0.2, 0.25) is 0 Å². The van der Waals surface area contributed by atoms with Crippen LogP contribution >= 0.6 is 27.7 Å². The van der Waals surface area contributed by atoms with Crippen LogP contribution in [-0.4, -0.2) is 27.6 Å². The summed E-state index contributed by atoms with van der Waals surface area (Å²) in [5, 5.41) is 3.43. The number of anilines is 1. The Hall–Kier alpha value is -2.65. The molecule has 0 aliphatic rings. The predicted molar refractivity (Wildman–Crippen MR) is 112 cm³/mol. The van der Waals surface area contributed by atoms with Crippen molar-refractivity contribution in [2.75, 3.05) is 12.4 Å². The molecule has 0 unspecified atom stereocenters. The number of methoxy groups -OCH3 is 1. The van der Waals surface area contributed by atoms with Gasteiger partial charge in [-0.3, -0.25) is 9.59 Å². The maximum absolute atomic E-state index is 12.5. The van der Waals surface area contributed by atoms with E-state index < -0.39 is 0 Å². The van der Waals surface area contributed by atoms with Crippen LogP contribution < -0.4 is 15.5 Å². The molecule has 144 valence electrons. The van der Waals surface area contributed by atoms with Gasteiger partial charge in [0.05, 0.1) is 13.3 Å². The first-order chi connectivity index (χ1) is 13.5. The zero-order valence-electron chi connectivity index (χ0n) is 15.0. The summed E-state index contributed by atoms with van der Waals surface area (Å²) < 4.78 is 7.74. The van der Waals surface area contributed by atoms with Crippen molar-refractivity contribution in [3.63, 3.8) is 0 Å². The first-order valence-electron chi connectivity index (χ1n) is 8.28. The van der Waals surface area contributed by atoms with Crippen LogP contribution in [0.3, 0.4) is 0 Å². The molecule has 9 heteroatoms. The van der Waals surface area contributed by atoms with Crippen molar-refractivity contribution < 1.29 is 9.53 Å². The lowest BCUT2D eigenvalue weighted by Crippen LogP contribution is -2.22.